The zero-order chi connectivity index (χ0) is 15.4. The first-order chi connectivity index (χ1) is 9.95. The Morgan fingerprint density at radius 1 is 1.05 bits per heavy atom. The molecule has 2 rings (SSSR count). The summed E-state index contributed by atoms with van der Waals surface area (Å²) in [6.07, 6.45) is 0.156. The lowest BCUT2D eigenvalue weighted by Crippen LogP contribution is -2.06. The molecule has 0 aliphatic heterocycles. The van der Waals surface area contributed by atoms with Crippen LogP contribution in [0.25, 0.3) is 0 Å². The molecule has 0 bridgehead atoms. The number of aromatic hydroxyl groups is 2. The third-order valence-electron chi connectivity index (χ3n) is 3.09. The highest BCUT2D eigenvalue weighted by Gasteiger charge is 2.04. The van der Waals surface area contributed by atoms with Crippen LogP contribution in [0.3, 0.4) is 0 Å². The van der Waals surface area contributed by atoms with Crippen molar-refractivity contribution in [3.05, 3.63) is 47.5 Å². The number of benzene rings is 2. The second-order valence-corrected chi connectivity index (χ2v) is 5.32. The van der Waals surface area contributed by atoms with Crippen LogP contribution in [-0.4, -0.2) is 16.3 Å². The molecule has 0 spiro atoms. The molecule has 0 atom stereocenters. The number of hydrogen-bond donors (Lipinski definition) is 3. The lowest BCUT2D eigenvalue weighted by atomic mass is 10.1. The predicted molar refractivity (Wildman–Crippen MR) is 84.0 cm³/mol. The molecular formula is C17H21NO3. The minimum Gasteiger partial charge on any atom is -0.504 e. The smallest absolute Gasteiger partial charge is 0.157 e. The van der Waals surface area contributed by atoms with Gasteiger partial charge in [0.05, 0.1) is 6.10 Å². The van der Waals surface area contributed by atoms with Crippen molar-refractivity contribution in [1.29, 1.82) is 0 Å². The molecule has 0 unspecified atom stereocenters. The van der Waals surface area contributed by atoms with Gasteiger partial charge in [0.1, 0.15) is 5.75 Å². The maximum absolute atomic E-state index is 9.48. The third-order valence-corrected chi connectivity index (χ3v) is 3.09. The van der Waals surface area contributed by atoms with Crippen LogP contribution < -0.4 is 10.1 Å². The highest BCUT2D eigenvalue weighted by molar-refractivity contribution is 5.54. The molecule has 2 aromatic rings. The number of aryl methyl sites for hydroxylation is 1. The Labute approximate surface area is 125 Å². The fourth-order valence-electron chi connectivity index (χ4n) is 2.06. The van der Waals surface area contributed by atoms with E-state index < -0.39 is 0 Å². The Hall–Kier alpha value is -2.36. The van der Waals surface area contributed by atoms with Crippen LogP contribution >= 0.6 is 0 Å². The summed E-state index contributed by atoms with van der Waals surface area (Å²) in [5.74, 6) is 0.646. The fourth-order valence-corrected chi connectivity index (χ4v) is 2.06. The monoisotopic (exact) mass is 287 g/mol. The maximum Gasteiger partial charge on any atom is 0.157 e. The van der Waals surface area contributed by atoms with Gasteiger partial charge in [-0.3, -0.25) is 0 Å². The average Bonchev–Trinajstić information content (AvgIpc) is 2.41. The minimum atomic E-state index is -0.106. The molecule has 4 nitrogen and oxygen atoms in total. The highest BCUT2D eigenvalue weighted by atomic mass is 16.5. The van der Waals surface area contributed by atoms with Crippen molar-refractivity contribution in [2.24, 2.45) is 0 Å². The normalized spacial score (nSPS) is 10.7. The van der Waals surface area contributed by atoms with E-state index in [0.29, 0.717) is 6.54 Å². The van der Waals surface area contributed by atoms with E-state index in [9.17, 15) is 10.2 Å². The van der Waals surface area contributed by atoms with E-state index in [-0.39, 0.29) is 17.6 Å². The molecule has 21 heavy (non-hydrogen) atoms. The standard InChI is InChI=1S/C17H21NO3/c1-11(2)21-14-5-6-15(12(3)8-14)18-10-13-4-7-16(19)17(20)9-13/h4-9,11,18-20H,10H2,1-3H3. The van der Waals surface area contributed by atoms with Gasteiger partial charge < -0.3 is 20.3 Å². The molecule has 0 radical (unpaired) electrons. The summed E-state index contributed by atoms with van der Waals surface area (Å²) in [6.45, 7) is 6.58. The highest BCUT2D eigenvalue weighted by Crippen LogP contribution is 2.26. The van der Waals surface area contributed by atoms with Crippen molar-refractivity contribution in [1.82, 2.24) is 0 Å². The zero-order valence-corrected chi connectivity index (χ0v) is 12.6. The van der Waals surface area contributed by atoms with Crippen LogP contribution in [0.2, 0.25) is 0 Å². The van der Waals surface area contributed by atoms with Gasteiger partial charge in [0, 0.05) is 12.2 Å². The second kappa shape index (κ2) is 6.39. The lowest BCUT2D eigenvalue weighted by molar-refractivity contribution is 0.242. The number of ether oxygens (including phenoxy) is 1. The summed E-state index contributed by atoms with van der Waals surface area (Å²) in [5, 5.41) is 22.1. The van der Waals surface area contributed by atoms with Gasteiger partial charge in [-0.15, -0.1) is 0 Å². The van der Waals surface area contributed by atoms with E-state index >= 15 is 0 Å². The van der Waals surface area contributed by atoms with Gasteiger partial charge in [-0.05, 0) is 62.2 Å². The predicted octanol–water partition coefficient (Wildman–Crippen LogP) is 3.81. The molecule has 4 heteroatoms. The van der Waals surface area contributed by atoms with Crippen LogP contribution in [-0.2, 0) is 6.54 Å². The molecule has 0 amide bonds. The summed E-state index contributed by atoms with van der Waals surface area (Å²) in [4.78, 5) is 0. The van der Waals surface area contributed by atoms with Gasteiger partial charge >= 0.3 is 0 Å². The van der Waals surface area contributed by atoms with Gasteiger partial charge in [-0.2, -0.15) is 0 Å². The summed E-state index contributed by atoms with van der Waals surface area (Å²) < 4.78 is 5.65. The fraction of sp³-hybridized carbons (Fsp3) is 0.294. The quantitative estimate of drug-likeness (QED) is 0.732. The summed E-state index contributed by atoms with van der Waals surface area (Å²) in [6, 6.07) is 10.7. The molecule has 0 aliphatic carbocycles. The SMILES string of the molecule is Cc1cc(OC(C)C)ccc1NCc1ccc(O)c(O)c1. The van der Waals surface area contributed by atoms with Gasteiger partial charge in [0.2, 0.25) is 0 Å². The summed E-state index contributed by atoms with van der Waals surface area (Å²) in [5.41, 5.74) is 3.00. The number of hydrogen-bond acceptors (Lipinski definition) is 4. The Balaban J connectivity index is 2.04. The van der Waals surface area contributed by atoms with Crippen molar-refractivity contribution < 1.29 is 14.9 Å². The molecule has 3 N–H and O–H groups in total. The average molecular weight is 287 g/mol. The van der Waals surface area contributed by atoms with E-state index in [0.717, 1.165) is 22.6 Å². The van der Waals surface area contributed by atoms with E-state index in [2.05, 4.69) is 5.32 Å². The Morgan fingerprint density at radius 2 is 1.81 bits per heavy atom. The van der Waals surface area contributed by atoms with Crippen LogP contribution in [0.15, 0.2) is 36.4 Å². The van der Waals surface area contributed by atoms with Gasteiger partial charge in [0.15, 0.2) is 11.5 Å². The molecule has 112 valence electrons. The second-order valence-electron chi connectivity index (χ2n) is 5.32. The number of rotatable bonds is 5. The molecule has 2 aromatic carbocycles. The molecule has 0 heterocycles. The molecule has 0 aromatic heterocycles. The van der Waals surface area contributed by atoms with E-state index in [1.54, 1.807) is 12.1 Å². The maximum atomic E-state index is 9.48. The van der Waals surface area contributed by atoms with Crippen molar-refractivity contribution >= 4 is 5.69 Å². The first-order valence-electron chi connectivity index (χ1n) is 6.97. The van der Waals surface area contributed by atoms with E-state index in [4.69, 9.17) is 4.74 Å². The zero-order valence-electron chi connectivity index (χ0n) is 12.6. The van der Waals surface area contributed by atoms with Gasteiger partial charge in [0.25, 0.3) is 0 Å². The first-order valence-corrected chi connectivity index (χ1v) is 6.97. The Bertz CT molecular complexity index is 623. The van der Waals surface area contributed by atoms with Crippen molar-refractivity contribution in [2.75, 3.05) is 5.32 Å². The van der Waals surface area contributed by atoms with Crippen LogP contribution in [0.1, 0.15) is 25.0 Å². The van der Waals surface area contributed by atoms with Crippen molar-refractivity contribution in [3.8, 4) is 17.2 Å². The van der Waals surface area contributed by atoms with Crippen LogP contribution in [0.5, 0.6) is 17.2 Å². The van der Waals surface area contributed by atoms with Crippen molar-refractivity contribution in [3.63, 3.8) is 0 Å². The van der Waals surface area contributed by atoms with Gasteiger partial charge in [-0.1, -0.05) is 6.07 Å². The van der Waals surface area contributed by atoms with Crippen molar-refractivity contribution in [2.45, 2.75) is 33.4 Å². The lowest BCUT2D eigenvalue weighted by Gasteiger charge is -2.14. The van der Waals surface area contributed by atoms with Gasteiger partial charge in [-0.25, -0.2) is 0 Å². The molecule has 0 saturated carbocycles. The van der Waals surface area contributed by atoms with E-state index in [1.165, 1.54) is 6.07 Å². The summed E-state index contributed by atoms with van der Waals surface area (Å²) in [7, 11) is 0. The number of phenolic OH excluding ortho intramolecular Hbond substituents is 2. The molecular weight excluding hydrogens is 266 g/mol. The third kappa shape index (κ3) is 4.05. The van der Waals surface area contributed by atoms with E-state index in [1.807, 2.05) is 39.0 Å². The number of phenols is 2. The molecule has 0 fully saturated rings. The number of nitrogens with one attached hydrogen (secondary N) is 1. The minimum absolute atomic E-state index is 0.105. The van der Waals surface area contributed by atoms with Crippen LogP contribution in [0.4, 0.5) is 5.69 Å². The molecule has 0 aliphatic rings. The first kappa shape index (κ1) is 15.0. The largest absolute Gasteiger partial charge is 0.504 e. The Kier molecular flexibility index (Phi) is 4.58. The number of anilines is 1. The topological polar surface area (TPSA) is 61.7 Å². The molecule has 0 saturated heterocycles. The van der Waals surface area contributed by atoms with Crippen LogP contribution in [0, 0.1) is 6.92 Å². The Morgan fingerprint density at radius 3 is 2.43 bits per heavy atom. The summed E-state index contributed by atoms with van der Waals surface area (Å²) >= 11 is 0.